The number of aryl methyl sites for hydroxylation is 1. The van der Waals surface area contributed by atoms with E-state index in [9.17, 15) is 14.7 Å². The quantitative estimate of drug-likeness (QED) is 0.937. The minimum atomic E-state index is -0.140. The first-order chi connectivity index (χ1) is 11.6. The Hall–Kier alpha value is -2.56. The summed E-state index contributed by atoms with van der Waals surface area (Å²) in [4.78, 5) is 26.3. The number of carbonyl (C=O) groups excluding carboxylic acids is 1. The highest BCUT2D eigenvalue weighted by molar-refractivity contribution is 5.94. The molecule has 0 radical (unpaired) electrons. The molecule has 0 aliphatic carbocycles. The van der Waals surface area contributed by atoms with E-state index in [2.05, 4.69) is 0 Å². The maximum absolute atomic E-state index is 12.6. The zero-order chi connectivity index (χ0) is 17.1. The Balaban J connectivity index is 1.65. The molecule has 1 saturated heterocycles. The lowest BCUT2D eigenvalue weighted by Crippen LogP contribution is -2.30. The summed E-state index contributed by atoms with van der Waals surface area (Å²) in [6.07, 6.45) is 3.46. The molecule has 1 N–H and O–H groups in total. The van der Waals surface area contributed by atoms with Crippen molar-refractivity contribution in [2.75, 3.05) is 13.1 Å². The first-order valence-electron chi connectivity index (χ1n) is 8.34. The lowest BCUT2D eigenvalue weighted by molar-refractivity contribution is 0.0786. The Morgan fingerprint density at radius 1 is 1.29 bits per heavy atom. The van der Waals surface area contributed by atoms with Gasteiger partial charge >= 0.3 is 0 Å². The van der Waals surface area contributed by atoms with Crippen molar-refractivity contribution >= 4 is 5.91 Å². The van der Waals surface area contributed by atoms with Crippen molar-refractivity contribution in [3.8, 4) is 5.75 Å². The number of pyridine rings is 1. The van der Waals surface area contributed by atoms with E-state index in [1.807, 2.05) is 24.0 Å². The Bertz CT molecular complexity index is 797. The van der Waals surface area contributed by atoms with E-state index in [1.54, 1.807) is 29.0 Å². The Morgan fingerprint density at radius 2 is 2.12 bits per heavy atom. The number of aromatic hydroxyl groups is 1. The van der Waals surface area contributed by atoms with Crippen molar-refractivity contribution in [3.63, 3.8) is 0 Å². The van der Waals surface area contributed by atoms with E-state index >= 15 is 0 Å². The number of carbonyl (C=O) groups is 1. The molecule has 1 aromatic carbocycles. The zero-order valence-electron chi connectivity index (χ0n) is 13.8. The van der Waals surface area contributed by atoms with E-state index in [4.69, 9.17) is 0 Å². The summed E-state index contributed by atoms with van der Waals surface area (Å²) < 4.78 is 1.57. The van der Waals surface area contributed by atoms with Gasteiger partial charge in [-0.05, 0) is 49.4 Å². The third kappa shape index (κ3) is 3.50. The fourth-order valence-corrected chi connectivity index (χ4v) is 3.29. The summed E-state index contributed by atoms with van der Waals surface area (Å²) >= 11 is 0. The number of amides is 1. The molecular weight excluding hydrogens is 304 g/mol. The van der Waals surface area contributed by atoms with Crippen LogP contribution in [0.4, 0.5) is 0 Å². The average Bonchev–Trinajstić information content (AvgIpc) is 3.02. The predicted molar refractivity (Wildman–Crippen MR) is 92.2 cm³/mol. The number of rotatable bonds is 4. The number of phenolic OH excluding ortho intramolecular Hbond substituents is 1. The molecule has 2 heterocycles. The molecule has 1 atom stereocenters. The van der Waals surface area contributed by atoms with Crippen LogP contribution >= 0.6 is 0 Å². The minimum Gasteiger partial charge on any atom is -0.508 e. The van der Waals surface area contributed by atoms with Crippen LogP contribution in [0.5, 0.6) is 5.75 Å². The summed E-state index contributed by atoms with van der Waals surface area (Å²) in [7, 11) is 0. The molecule has 0 spiro atoms. The van der Waals surface area contributed by atoms with Crippen molar-refractivity contribution in [1.82, 2.24) is 9.47 Å². The number of hydrogen-bond donors (Lipinski definition) is 1. The smallest absolute Gasteiger partial charge is 0.254 e. The van der Waals surface area contributed by atoms with Crippen LogP contribution < -0.4 is 5.56 Å². The SMILES string of the molecule is CCn1ccc(C(=O)N2CCC(Cc3cccc(O)c3)C2)cc1=O. The monoisotopic (exact) mass is 326 g/mol. The van der Waals surface area contributed by atoms with E-state index in [0.29, 0.717) is 31.1 Å². The van der Waals surface area contributed by atoms with Crippen molar-refractivity contribution in [2.24, 2.45) is 5.92 Å². The largest absolute Gasteiger partial charge is 0.508 e. The Labute approximate surface area is 141 Å². The molecule has 5 nitrogen and oxygen atoms in total. The second-order valence-electron chi connectivity index (χ2n) is 6.32. The standard InChI is InChI=1S/C19H22N2O3/c1-2-20-9-7-16(12-18(20)23)19(24)21-8-6-15(13-21)10-14-4-3-5-17(22)11-14/h3-5,7,9,11-12,15,22H,2,6,8,10,13H2,1H3. The molecule has 1 aliphatic rings. The van der Waals surface area contributed by atoms with Gasteiger partial charge in [-0.15, -0.1) is 0 Å². The van der Waals surface area contributed by atoms with Gasteiger partial charge in [0, 0.05) is 37.5 Å². The molecule has 1 amide bonds. The highest BCUT2D eigenvalue weighted by atomic mass is 16.3. The van der Waals surface area contributed by atoms with Crippen LogP contribution in [0.2, 0.25) is 0 Å². The lowest BCUT2D eigenvalue weighted by Gasteiger charge is -2.17. The molecule has 2 aromatic rings. The van der Waals surface area contributed by atoms with Gasteiger partial charge in [0.2, 0.25) is 0 Å². The molecule has 126 valence electrons. The third-order valence-corrected chi connectivity index (χ3v) is 4.59. The van der Waals surface area contributed by atoms with Crippen LogP contribution in [0, 0.1) is 5.92 Å². The maximum Gasteiger partial charge on any atom is 0.254 e. The van der Waals surface area contributed by atoms with Crippen molar-refractivity contribution in [2.45, 2.75) is 26.3 Å². The maximum atomic E-state index is 12.6. The second kappa shape index (κ2) is 6.91. The van der Waals surface area contributed by atoms with Crippen molar-refractivity contribution in [3.05, 3.63) is 64.1 Å². The molecule has 0 bridgehead atoms. The normalized spacial score (nSPS) is 17.2. The fourth-order valence-electron chi connectivity index (χ4n) is 3.29. The van der Waals surface area contributed by atoms with Gasteiger partial charge in [-0.1, -0.05) is 12.1 Å². The molecule has 1 unspecified atom stereocenters. The third-order valence-electron chi connectivity index (χ3n) is 4.59. The first kappa shape index (κ1) is 16.3. The zero-order valence-corrected chi connectivity index (χ0v) is 13.8. The summed E-state index contributed by atoms with van der Waals surface area (Å²) in [5, 5.41) is 9.55. The van der Waals surface area contributed by atoms with Gasteiger partial charge < -0.3 is 14.6 Å². The van der Waals surface area contributed by atoms with Gasteiger partial charge in [-0.2, -0.15) is 0 Å². The predicted octanol–water partition coefficient (Wildman–Crippen LogP) is 2.28. The topological polar surface area (TPSA) is 62.5 Å². The van der Waals surface area contributed by atoms with Gasteiger partial charge in [-0.25, -0.2) is 0 Å². The van der Waals surface area contributed by atoms with Crippen molar-refractivity contribution < 1.29 is 9.90 Å². The Kier molecular flexibility index (Phi) is 4.69. The van der Waals surface area contributed by atoms with E-state index in [-0.39, 0.29) is 17.2 Å². The molecular formula is C19H22N2O3. The average molecular weight is 326 g/mol. The summed E-state index contributed by atoms with van der Waals surface area (Å²) in [5.41, 5.74) is 1.40. The van der Waals surface area contributed by atoms with E-state index in [0.717, 1.165) is 18.4 Å². The second-order valence-corrected chi connectivity index (χ2v) is 6.32. The number of benzene rings is 1. The van der Waals surface area contributed by atoms with Gasteiger partial charge in [0.05, 0.1) is 0 Å². The van der Waals surface area contributed by atoms with Crippen LogP contribution in [0.25, 0.3) is 0 Å². The lowest BCUT2D eigenvalue weighted by atomic mass is 9.98. The number of phenols is 1. The van der Waals surface area contributed by atoms with Gasteiger partial charge in [0.15, 0.2) is 0 Å². The summed E-state index contributed by atoms with van der Waals surface area (Å²) in [6.45, 7) is 3.89. The molecule has 24 heavy (non-hydrogen) atoms. The van der Waals surface area contributed by atoms with Gasteiger partial charge in [0.1, 0.15) is 5.75 Å². The van der Waals surface area contributed by atoms with Gasteiger partial charge in [0.25, 0.3) is 11.5 Å². The first-order valence-corrected chi connectivity index (χ1v) is 8.34. The minimum absolute atomic E-state index is 0.0752. The van der Waals surface area contributed by atoms with Crippen molar-refractivity contribution in [1.29, 1.82) is 0 Å². The van der Waals surface area contributed by atoms with E-state index in [1.165, 1.54) is 6.07 Å². The molecule has 0 saturated carbocycles. The highest BCUT2D eigenvalue weighted by Gasteiger charge is 2.27. The van der Waals surface area contributed by atoms with Crippen LogP contribution in [0.3, 0.4) is 0 Å². The molecule has 1 aliphatic heterocycles. The van der Waals surface area contributed by atoms with E-state index < -0.39 is 0 Å². The van der Waals surface area contributed by atoms with Crippen LogP contribution in [-0.2, 0) is 13.0 Å². The van der Waals surface area contributed by atoms with Crippen LogP contribution in [-0.4, -0.2) is 33.6 Å². The summed E-state index contributed by atoms with van der Waals surface area (Å²) in [5.74, 6) is 0.579. The number of likely N-dealkylation sites (tertiary alicyclic amines) is 1. The number of nitrogens with zero attached hydrogens (tertiary/aromatic N) is 2. The highest BCUT2D eigenvalue weighted by Crippen LogP contribution is 2.23. The van der Waals surface area contributed by atoms with Gasteiger partial charge in [-0.3, -0.25) is 9.59 Å². The Morgan fingerprint density at radius 3 is 2.83 bits per heavy atom. The molecule has 1 aromatic heterocycles. The summed E-state index contributed by atoms with van der Waals surface area (Å²) in [6, 6.07) is 10.4. The fraction of sp³-hybridized carbons (Fsp3) is 0.368. The number of hydrogen-bond acceptors (Lipinski definition) is 3. The molecule has 1 fully saturated rings. The molecule has 5 heteroatoms. The van der Waals surface area contributed by atoms with Crippen LogP contribution in [0.15, 0.2) is 47.4 Å². The molecule has 3 rings (SSSR count). The number of aromatic nitrogens is 1. The van der Waals surface area contributed by atoms with Crippen LogP contribution in [0.1, 0.15) is 29.3 Å².